The van der Waals surface area contributed by atoms with E-state index in [0.717, 1.165) is 5.57 Å². The van der Waals surface area contributed by atoms with Crippen molar-refractivity contribution < 1.29 is 19.8 Å². The predicted molar refractivity (Wildman–Crippen MR) is 104 cm³/mol. The number of pyridine rings is 1. The second-order valence-corrected chi connectivity index (χ2v) is 4.98. The highest BCUT2D eigenvalue weighted by molar-refractivity contribution is 6.01. The summed E-state index contributed by atoms with van der Waals surface area (Å²) in [4.78, 5) is 15.0. The number of carboxylic acids is 1. The van der Waals surface area contributed by atoms with Gasteiger partial charge in [0.25, 0.3) is 0 Å². The van der Waals surface area contributed by atoms with Gasteiger partial charge in [0.05, 0.1) is 24.5 Å². The lowest BCUT2D eigenvalue weighted by Crippen LogP contribution is -2.23. The second kappa shape index (κ2) is 13.8. The molecule has 0 aromatic carbocycles. The summed E-state index contributed by atoms with van der Waals surface area (Å²) in [5.41, 5.74) is 1.56. The summed E-state index contributed by atoms with van der Waals surface area (Å²) in [6.45, 7) is 7.38. The Bertz CT molecular complexity index is 672. The number of hydrogen-bond acceptors (Lipinski definition) is 6. The first-order valence-corrected chi connectivity index (χ1v) is 7.75. The molecule has 0 fully saturated rings. The molecule has 1 aromatic rings. The van der Waals surface area contributed by atoms with Gasteiger partial charge in [-0.3, -0.25) is 4.98 Å². The number of nitrogens with zero attached hydrogens (tertiary/aromatic N) is 2. The minimum Gasteiger partial charge on any atom is -0.478 e. The van der Waals surface area contributed by atoms with Gasteiger partial charge in [-0.15, -0.1) is 12.4 Å². The Morgan fingerprint density at radius 3 is 2.88 bits per heavy atom. The molecule has 0 amide bonds. The zero-order valence-electron chi connectivity index (χ0n) is 14.6. The molecule has 8 heteroatoms. The number of rotatable bonds is 11. The molecule has 0 unspecified atom stereocenters. The third-order valence-electron chi connectivity index (χ3n) is 3.18. The molecule has 0 aliphatic rings. The van der Waals surface area contributed by atoms with Crippen LogP contribution in [-0.4, -0.2) is 53.3 Å². The second-order valence-electron chi connectivity index (χ2n) is 4.98. The van der Waals surface area contributed by atoms with Crippen LogP contribution in [0.4, 0.5) is 0 Å². The Hall–Kier alpha value is -2.48. The smallest absolute Gasteiger partial charge is 0.335 e. The van der Waals surface area contributed by atoms with Crippen molar-refractivity contribution in [3.05, 3.63) is 66.0 Å². The van der Waals surface area contributed by atoms with Gasteiger partial charge in [-0.2, -0.15) is 0 Å². The van der Waals surface area contributed by atoms with Crippen LogP contribution in [-0.2, 0) is 4.74 Å². The van der Waals surface area contributed by atoms with Crippen molar-refractivity contribution in [1.82, 2.24) is 10.3 Å². The maximum absolute atomic E-state index is 11.0. The van der Waals surface area contributed by atoms with Crippen LogP contribution >= 0.6 is 12.4 Å². The van der Waals surface area contributed by atoms with Crippen molar-refractivity contribution in [3.8, 4) is 0 Å². The zero-order chi connectivity index (χ0) is 18.5. The maximum atomic E-state index is 11.0. The first kappa shape index (κ1) is 23.5. The van der Waals surface area contributed by atoms with E-state index in [-0.39, 0.29) is 36.0 Å². The SMILES string of the molecule is C=C/C(=C\C=C/C)CNCCOC/C(=N\O)c1cc(C(=O)O)ccn1.Cl. The monoisotopic (exact) mass is 381 g/mol. The van der Waals surface area contributed by atoms with Crippen LogP contribution in [0.2, 0.25) is 0 Å². The molecule has 1 heterocycles. The van der Waals surface area contributed by atoms with Crippen LogP contribution in [0.5, 0.6) is 0 Å². The summed E-state index contributed by atoms with van der Waals surface area (Å²) in [5.74, 6) is -1.07. The molecule has 0 bridgehead atoms. The quantitative estimate of drug-likeness (QED) is 0.179. The van der Waals surface area contributed by atoms with Crippen LogP contribution in [0.15, 0.2) is 59.9 Å². The van der Waals surface area contributed by atoms with Crippen LogP contribution in [0, 0.1) is 0 Å². The van der Waals surface area contributed by atoms with Gasteiger partial charge >= 0.3 is 5.97 Å². The molecule has 142 valence electrons. The predicted octanol–water partition coefficient (Wildman–Crippen LogP) is 2.67. The minimum atomic E-state index is -1.07. The molecule has 0 aliphatic heterocycles. The minimum absolute atomic E-state index is 0. The Kier molecular flexibility index (Phi) is 12.5. The molecule has 0 radical (unpaired) electrons. The number of aromatic nitrogens is 1. The van der Waals surface area contributed by atoms with E-state index in [1.54, 1.807) is 6.08 Å². The third kappa shape index (κ3) is 8.57. The van der Waals surface area contributed by atoms with Gasteiger partial charge in [0.2, 0.25) is 0 Å². The highest BCUT2D eigenvalue weighted by Gasteiger charge is 2.10. The highest BCUT2D eigenvalue weighted by Crippen LogP contribution is 2.04. The number of ether oxygens (including phenoxy) is 1. The Morgan fingerprint density at radius 1 is 1.50 bits per heavy atom. The number of halogens is 1. The summed E-state index contributed by atoms with van der Waals surface area (Å²) in [6, 6.07) is 2.70. The zero-order valence-corrected chi connectivity index (χ0v) is 15.4. The van der Waals surface area contributed by atoms with Crippen molar-refractivity contribution in [2.24, 2.45) is 5.16 Å². The molecular weight excluding hydrogens is 358 g/mol. The topological polar surface area (TPSA) is 104 Å². The number of aromatic carboxylic acids is 1. The standard InChI is InChI=1S/C18H23N3O4.ClH/c1-3-5-6-14(4-2)12-19-9-10-25-13-17(21-24)16-11-15(18(22)23)7-8-20-16;/h3-8,11,19,24H,2,9-10,12-13H2,1H3,(H,22,23);1H/b5-3-,14-6+,21-17+;. The molecule has 1 rings (SSSR count). The van der Waals surface area contributed by atoms with Gasteiger partial charge in [0.15, 0.2) is 0 Å². The average Bonchev–Trinajstić information content (AvgIpc) is 2.63. The number of carbonyl (C=O) groups is 1. The first-order valence-electron chi connectivity index (χ1n) is 7.75. The van der Waals surface area contributed by atoms with Gasteiger partial charge in [0, 0.05) is 19.3 Å². The molecule has 3 N–H and O–H groups in total. The molecule has 7 nitrogen and oxygen atoms in total. The lowest BCUT2D eigenvalue weighted by atomic mass is 10.2. The fourth-order valence-corrected chi connectivity index (χ4v) is 1.84. The lowest BCUT2D eigenvalue weighted by molar-refractivity contribution is 0.0696. The van der Waals surface area contributed by atoms with E-state index >= 15 is 0 Å². The van der Waals surface area contributed by atoms with Crippen molar-refractivity contribution >= 4 is 24.1 Å². The van der Waals surface area contributed by atoms with Crippen molar-refractivity contribution in [3.63, 3.8) is 0 Å². The molecule has 0 saturated heterocycles. The van der Waals surface area contributed by atoms with Gasteiger partial charge in [-0.25, -0.2) is 4.79 Å². The van der Waals surface area contributed by atoms with Gasteiger partial charge in [-0.1, -0.05) is 36.0 Å². The van der Waals surface area contributed by atoms with Gasteiger partial charge in [-0.05, 0) is 24.6 Å². The maximum Gasteiger partial charge on any atom is 0.335 e. The van der Waals surface area contributed by atoms with Gasteiger partial charge < -0.3 is 20.4 Å². The average molecular weight is 382 g/mol. The summed E-state index contributed by atoms with van der Waals surface area (Å²) in [5, 5.41) is 24.4. The van der Waals surface area contributed by atoms with E-state index in [4.69, 9.17) is 15.1 Å². The Balaban J connectivity index is 0.00000625. The van der Waals surface area contributed by atoms with E-state index < -0.39 is 5.97 Å². The fourth-order valence-electron chi connectivity index (χ4n) is 1.84. The van der Waals surface area contributed by atoms with Crippen LogP contribution in [0.3, 0.4) is 0 Å². The first-order chi connectivity index (χ1) is 12.1. The normalized spacial score (nSPS) is 12.0. The Morgan fingerprint density at radius 2 is 2.27 bits per heavy atom. The third-order valence-corrected chi connectivity index (χ3v) is 3.18. The number of carboxylic acid groups (broad SMARTS) is 1. The Labute approximate surface area is 159 Å². The summed E-state index contributed by atoms with van der Waals surface area (Å²) in [6.07, 6.45) is 8.98. The fraction of sp³-hybridized carbons (Fsp3) is 0.278. The van der Waals surface area contributed by atoms with E-state index in [1.165, 1.54) is 18.3 Å². The molecule has 0 spiro atoms. The van der Waals surface area contributed by atoms with E-state index in [0.29, 0.717) is 19.7 Å². The number of oxime groups is 1. The van der Waals surface area contributed by atoms with Gasteiger partial charge in [0.1, 0.15) is 5.71 Å². The van der Waals surface area contributed by atoms with Crippen LogP contribution in [0.1, 0.15) is 23.0 Å². The largest absolute Gasteiger partial charge is 0.478 e. The van der Waals surface area contributed by atoms with Crippen LogP contribution < -0.4 is 5.32 Å². The molecule has 0 atom stereocenters. The summed E-state index contributed by atoms with van der Waals surface area (Å²) >= 11 is 0. The summed E-state index contributed by atoms with van der Waals surface area (Å²) < 4.78 is 5.44. The molecule has 0 saturated carbocycles. The number of allylic oxidation sites excluding steroid dienone is 3. The molecular formula is C18H24ClN3O4. The van der Waals surface area contributed by atoms with Crippen molar-refractivity contribution in [2.75, 3.05) is 26.3 Å². The van der Waals surface area contributed by atoms with E-state index in [9.17, 15) is 4.79 Å². The summed E-state index contributed by atoms with van der Waals surface area (Å²) in [7, 11) is 0. The highest BCUT2D eigenvalue weighted by atomic mass is 35.5. The van der Waals surface area contributed by atoms with Crippen molar-refractivity contribution in [2.45, 2.75) is 6.92 Å². The van der Waals surface area contributed by atoms with E-state index in [2.05, 4.69) is 22.0 Å². The molecule has 1 aromatic heterocycles. The number of hydrogen-bond donors (Lipinski definition) is 3. The van der Waals surface area contributed by atoms with E-state index in [1.807, 2.05) is 25.2 Å². The molecule has 26 heavy (non-hydrogen) atoms. The van der Waals surface area contributed by atoms with Crippen molar-refractivity contribution in [1.29, 1.82) is 0 Å². The molecule has 0 aliphatic carbocycles. The lowest BCUT2D eigenvalue weighted by Gasteiger charge is -2.08. The van der Waals surface area contributed by atoms with Crippen LogP contribution in [0.25, 0.3) is 0 Å². The number of nitrogens with one attached hydrogen (secondary N) is 1.